The van der Waals surface area contributed by atoms with Crippen LogP contribution in [0.3, 0.4) is 0 Å². The minimum absolute atomic E-state index is 0.137. The number of aromatic nitrogens is 2. The van der Waals surface area contributed by atoms with E-state index in [1.807, 2.05) is 42.0 Å². The summed E-state index contributed by atoms with van der Waals surface area (Å²) in [4.78, 5) is 17.0. The predicted molar refractivity (Wildman–Crippen MR) is 128 cm³/mol. The van der Waals surface area contributed by atoms with Gasteiger partial charge in [-0.2, -0.15) is 4.31 Å². The molecule has 0 radical (unpaired) electrons. The first kappa shape index (κ1) is 23.0. The number of carbonyl (C=O) groups excluding carboxylic acids is 1. The topological polar surface area (TPSA) is 96.3 Å². The van der Waals surface area contributed by atoms with E-state index in [9.17, 15) is 13.2 Å². The summed E-state index contributed by atoms with van der Waals surface area (Å²) in [5.41, 5.74) is 3.15. The fourth-order valence-electron chi connectivity index (χ4n) is 3.79. The molecule has 33 heavy (non-hydrogen) atoms. The normalized spacial score (nSPS) is 14.3. The van der Waals surface area contributed by atoms with Crippen molar-refractivity contribution in [1.82, 2.24) is 19.2 Å². The molecule has 1 fully saturated rings. The van der Waals surface area contributed by atoms with Crippen LogP contribution in [0.1, 0.15) is 34.3 Å². The van der Waals surface area contributed by atoms with Crippen LogP contribution in [0.5, 0.6) is 0 Å². The van der Waals surface area contributed by atoms with E-state index in [0.29, 0.717) is 44.0 Å². The molecule has 1 amide bonds. The second-order valence-corrected chi connectivity index (χ2v) is 10.2. The van der Waals surface area contributed by atoms with Crippen LogP contribution in [0.4, 0.5) is 5.69 Å². The van der Waals surface area contributed by atoms with Gasteiger partial charge in [0.2, 0.25) is 10.0 Å². The van der Waals surface area contributed by atoms with E-state index in [1.165, 1.54) is 15.9 Å². The third kappa shape index (κ3) is 5.80. The molecule has 8 nitrogen and oxygen atoms in total. The van der Waals surface area contributed by atoms with Crippen LogP contribution in [0.2, 0.25) is 0 Å². The highest BCUT2D eigenvalue weighted by atomic mass is 32.2. The lowest BCUT2D eigenvalue weighted by Gasteiger charge is -2.18. The lowest BCUT2D eigenvalue weighted by atomic mass is 10.1. The Morgan fingerprint density at radius 2 is 1.85 bits per heavy atom. The van der Waals surface area contributed by atoms with Crippen molar-refractivity contribution in [3.63, 3.8) is 0 Å². The van der Waals surface area contributed by atoms with Gasteiger partial charge in [0.05, 0.1) is 11.2 Å². The maximum absolute atomic E-state index is 13.2. The molecule has 0 bridgehead atoms. The lowest BCUT2D eigenvalue weighted by molar-refractivity contribution is 0.0952. The van der Waals surface area contributed by atoms with Gasteiger partial charge < -0.3 is 15.2 Å². The molecule has 1 aliphatic heterocycles. The summed E-state index contributed by atoms with van der Waals surface area (Å²) in [5, 5.41) is 6.15. The third-order valence-electron chi connectivity index (χ3n) is 5.70. The molecule has 4 rings (SSSR count). The fraction of sp³-hybridized carbons (Fsp3) is 0.333. The maximum atomic E-state index is 13.2. The molecule has 1 saturated heterocycles. The summed E-state index contributed by atoms with van der Waals surface area (Å²) in [7, 11) is -3.66. The van der Waals surface area contributed by atoms with E-state index in [1.54, 1.807) is 24.7 Å². The van der Waals surface area contributed by atoms with Gasteiger partial charge in [-0.1, -0.05) is 29.8 Å². The Kier molecular flexibility index (Phi) is 7.10. The van der Waals surface area contributed by atoms with Crippen LogP contribution < -0.4 is 10.6 Å². The van der Waals surface area contributed by atoms with E-state index in [2.05, 4.69) is 15.6 Å². The maximum Gasteiger partial charge on any atom is 0.251 e. The molecule has 0 aliphatic carbocycles. The van der Waals surface area contributed by atoms with Crippen LogP contribution in [0, 0.1) is 6.92 Å². The average molecular weight is 468 g/mol. The lowest BCUT2D eigenvalue weighted by Crippen LogP contribution is -2.29. The highest BCUT2D eigenvalue weighted by Crippen LogP contribution is 2.25. The Labute approximate surface area is 194 Å². The smallest absolute Gasteiger partial charge is 0.251 e. The third-order valence-corrected chi connectivity index (χ3v) is 7.58. The highest BCUT2D eigenvalue weighted by molar-refractivity contribution is 7.89. The fourth-order valence-corrected chi connectivity index (χ4v) is 5.38. The number of rotatable bonds is 9. The van der Waals surface area contributed by atoms with E-state index in [-0.39, 0.29) is 10.8 Å². The first-order valence-corrected chi connectivity index (χ1v) is 12.5. The first-order valence-electron chi connectivity index (χ1n) is 11.1. The van der Waals surface area contributed by atoms with Crippen LogP contribution in [-0.2, 0) is 23.1 Å². The minimum Gasteiger partial charge on any atom is -0.381 e. The van der Waals surface area contributed by atoms with Gasteiger partial charge in [0.15, 0.2) is 0 Å². The zero-order valence-electron chi connectivity index (χ0n) is 18.7. The molecule has 0 spiro atoms. The predicted octanol–water partition coefficient (Wildman–Crippen LogP) is 3.02. The van der Waals surface area contributed by atoms with Gasteiger partial charge in [0.1, 0.15) is 0 Å². The SMILES string of the molecule is Cc1ccc(CNc2cc(C(=O)NCCn3ccnc3)cc(S(=O)(=O)N3CCCC3)c2)cc1. The van der Waals surface area contributed by atoms with E-state index < -0.39 is 10.0 Å². The van der Waals surface area contributed by atoms with Crippen molar-refractivity contribution in [3.05, 3.63) is 77.9 Å². The number of hydrogen-bond donors (Lipinski definition) is 2. The summed E-state index contributed by atoms with van der Waals surface area (Å²) in [6, 6.07) is 12.9. The highest BCUT2D eigenvalue weighted by Gasteiger charge is 2.28. The number of benzene rings is 2. The second-order valence-electron chi connectivity index (χ2n) is 8.25. The standard InChI is InChI=1S/C24H29N5O3S/c1-19-4-6-20(7-5-19)17-27-22-14-21(24(30)26-9-13-28-12-8-25-18-28)15-23(16-22)33(31,32)29-10-2-3-11-29/h4-8,12,14-16,18,27H,2-3,9-11,13,17H2,1H3,(H,26,30). The van der Waals surface area contributed by atoms with Crippen molar-refractivity contribution < 1.29 is 13.2 Å². The molecule has 174 valence electrons. The van der Waals surface area contributed by atoms with Gasteiger partial charge >= 0.3 is 0 Å². The molecule has 2 heterocycles. The molecule has 1 aromatic heterocycles. The zero-order chi connectivity index (χ0) is 23.3. The number of nitrogens with zero attached hydrogens (tertiary/aromatic N) is 3. The van der Waals surface area contributed by atoms with Gasteiger partial charge in [-0.25, -0.2) is 13.4 Å². The molecular weight excluding hydrogens is 438 g/mol. The summed E-state index contributed by atoms with van der Waals surface area (Å²) >= 11 is 0. The van der Waals surface area contributed by atoms with Gasteiger partial charge in [0.25, 0.3) is 5.91 Å². The van der Waals surface area contributed by atoms with Gasteiger partial charge in [-0.05, 0) is 43.5 Å². The van der Waals surface area contributed by atoms with Crippen LogP contribution in [-0.4, -0.2) is 47.8 Å². The number of sulfonamides is 1. The number of anilines is 1. The van der Waals surface area contributed by atoms with E-state index in [0.717, 1.165) is 18.4 Å². The van der Waals surface area contributed by atoms with Gasteiger partial charge in [0, 0.05) is 56.4 Å². The average Bonchev–Trinajstić information content (AvgIpc) is 3.53. The van der Waals surface area contributed by atoms with Crippen LogP contribution in [0.25, 0.3) is 0 Å². The molecule has 0 atom stereocenters. The number of aryl methyl sites for hydroxylation is 1. The first-order chi connectivity index (χ1) is 15.9. The molecular formula is C24H29N5O3S. The molecule has 0 unspecified atom stereocenters. The Morgan fingerprint density at radius 3 is 2.55 bits per heavy atom. The van der Waals surface area contributed by atoms with Gasteiger partial charge in [-0.3, -0.25) is 4.79 Å². The van der Waals surface area contributed by atoms with Crippen molar-refractivity contribution in [3.8, 4) is 0 Å². The molecule has 2 N–H and O–H groups in total. The molecule has 2 aromatic carbocycles. The van der Waals surface area contributed by atoms with Crippen LogP contribution in [0.15, 0.2) is 66.1 Å². The van der Waals surface area contributed by atoms with Crippen molar-refractivity contribution in [2.24, 2.45) is 0 Å². The Bertz CT molecular complexity index is 1190. The summed E-state index contributed by atoms with van der Waals surface area (Å²) in [5.74, 6) is -0.313. The quantitative estimate of drug-likeness (QED) is 0.504. The largest absolute Gasteiger partial charge is 0.381 e. The van der Waals surface area contributed by atoms with Crippen molar-refractivity contribution in [2.75, 3.05) is 25.0 Å². The number of imidazole rings is 1. The van der Waals surface area contributed by atoms with E-state index in [4.69, 9.17) is 0 Å². The molecule has 0 saturated carbocycles. The number of hydrogen-bond acceptors (Lipinski definition) is 5. The van der Waals surface area contributed by atoms with Crippen molar-refractivity contribution >= 4 is 21.6 Å². The molecule has 1 aliphatic rings. The summed E-state index contributed by atoms with van der Waals surface area (Å²) < 4.78 is 29.8. The minimum atomic E-state index is -3.66. The summed E-state index contributed by atoms with van der Waals surface area (Å²) in [6.45, 7) is 4.56. The number of amides is 1. The monoisotopic (exact) mass is 467 g/mol. The Morgan fingerprint density at radius 1 is 1.09 bits per heavy atom. The number of carbonyl (C=O) groups is 1. The molecule has 9 heteroatoms. The van der Waals surface area contributed by atoms with E-state index >= 15 is 0 Å². The second kappa shape index (κ2) is 10.2. The Balaban J connectivity index is 1.55. The Hall–Kier alpha value is -3.17. The van der Waals surface area contributed by atoms with Crippen molar-refractivity contribution in [2.45, 2.75) is 37.8 Å². The molecule has 3 aromatic rings. The number of nitrogens with one attached hydrogen (secondary N) is 2. The zero-order valence-corrected chi connectivity index (χ0v) is 19.5. The van der Waals surface area contributed by atoms with Crippen LogP contribution >= 0.6 is 0 Å². The van der Waals surface area contributed by atoms with Gasteiger partial charge in [-0.15, -0.1) is 0 Å². The summed E-state index contributed by atoms with van der Waals surface area (Å²) in [6.07, 6.45) is 6.89. The van der Waals surface area contributed by atoms with Crippen molar-refractivity contribution in [1.29, 1.82) is 0 Å².